The molecule has 1 heterocycles. The van der Waals surface area contributed by atoms with E-state index in [-0.39, 0.29) is 11.9 Å². The normalized spacial score (nSPS) is 12.5. The first-order chi connectivity index (χ1) is 7.54. The summed E-state index contributed by atoms with van der Waals surface area (Å²) in [4.78, 5) is 15.4. The number of hydrogen-bond acceptors (Lipinski definition) is 5. The zero-order chi connectivity index (χ0) is 12.1. The van der Waals surface area contributed by atoms with Gasteiger partial charge in [-0.1, -0.05) is 6.92 Å². The number of esters is 1. The zero-order valence-electron chi connectivity index (χ0n) is 10.1. The van der Waals surface area contributed by atoms with Crippen LogP contribution in [0.2, 0.25) is 0 Å². The first-order valence-electron chi connectivity index (χ1n) is 5.13. The Bertz CT molecular complexity index is 343. The van der Waals surface area contributed by atoms with Gasteiger partial charge in [-0.3, -0.25) is 4.79 Å². The van der Waals surface area contributed by atoms with Crippen LogP contribution in [0, 0.1) is 19.8 Å². The third-order valence-electron chi connectivity index (χ3n) is 2.27. The van der Waals surface area contributed by atoms with Gasteiger partial charge >= 0.3 is 5.97 Å². The van der Waals surface area contributed by atoms with Crippen LogP contribution in [-0.4, -0.2) is 23.8 Å². The molecule has 0 radical (unpaired) electrons. The Morgan fingerprint density at radius 2 is 2.25 bits per heavy atom. The summed E-state index contributed by atoms with van der Waals surface area (Å²) in [6.45, 7) is 5.67. The molecule has 0 unspecified atom stereocenters. The average Bonchev–Trinajstić information content (AvgIpc) is 2.57. The minimum absolute atomic E-state index is 0.0906. The van der Waals surface area contributed by atoms with E-state index in [4.69, 9.17) is 4.42 Å². The van der Waals surface area contributed by atoms with Gasteiger partial charge in [0.25, 0.3) is 0 Å². The van der Waals surface area contributed by atoms with Crippen LogP contribution < -0.4 is 0 Å². The number of ether oxygens (including phenoxy) is 1. The molecule has 1 rings (SSSR count). The van der Waals surface area contributed by atoms with Gasteiger partial charge in [-0.05, 0) is 13.8 Å². The van der Waals surface area contributed by atoms with Crippen LogP contribution in [0.5, 0.6) is 0 Å². The van der Waals surface area contributed by atoms with Crippen molar-refractivity contribution in [1.29, 1.82) is 0 Å². The lowest BCUT2D eigenvalue weighted by molar-refractivity contribution is -0.143. The molecule has 0 aliphatic heterocycles. The molecule has 16 heavy (non-hydrogen) atoms. The number of methoxy groups -OCH3 is 1. The molecule has 0 saturated heterocycles. The van der Waals surface area contributed by atoms with Crippen LogP contribution in [0.1, 0.15) is 24.3 Å². The summed E-state index contributed by atoms with van der Waals surface area (Å²) in [7, 11) is 1.41. The van der Waals surface area contributed by atoms with E-state index in [9.17, 15) is 4.79 Å². The molecule has 0 aromatic carbocycles. The Morgan fingerprint density at radius 1 is 1.56 bits per heavy atom. The summed E-state index contributed by atoms with van der Waals surface area (Å²) in [6.07, 6.45) is 0. The molecule has 1 atom stereocenters. The summed E-state index contributed by atoms with van der Waals surface area (Å²) in [5.41, 5.74) is 0.927. The van der Waals surface area contributed by atoms with Crippen LogP contribution in [0.25, 0.3) is 0 Å². The van der Waals surface area contributed by atoms with Crippen molar-refractivity contribution in [3.63, 3.8) is 0 Å². The van der Waals surface area contributed by atoms with Gasteiger partial charge in [0.2, 0.25) is 5.89 Å². The Kier molecular flexibility index (Phi) is 4.86. The molecule has 4 nitrogen and oxygen atoms in total. The van der Waals surface area contributed by atoms with Gasteiger partial charge < -0.3 is 9.15 Å². The maximum absolute atomic E-state index is 11.1. The minimum atomic E-state index is -0.174. The van der Waals surface area contributed by atoms with Crippen molar-refractivity contribution in [2.75, 3.05) is 12.9 Å². The standard InChI is InChI=1S/C11H17NO3S/c1-7(11(13)14-4)5-16-6-10-12-8(2)9(3)15-10/h7H,5-6H2,1-4H3/t7-/m0/s1. The van der Waals surface area contributed by atoms with Crippen LogP contribution in [-0.2, 0) is 15.3 Å². The van der Waals surface area contributed by atoms with Crippen molar-refractivity contribution in [1.82, 2.24) is 4.98 Å². The second-order valence-electron chi connectivity index (χ2n) is 3.69. The number of aryl methyl sites for hydroxylation is 2. The van der Waals surface area contributed by atoms with Gasteiger partial charge in [-0.15, -0.1) is 0 Å². The fraction of sp³-hybridized carbons (Fsp3) is 0.636. The number of carbonyl (C=O) groups is 1. The number of thioether (sulfide) groups is 1. The SMILES string of the molecule is COC(=O)[C@@H](C)CSCc1nc(C)c(C)o1. The molecule has 0 aliphatic carbocycles. The van der Waals surface area contributed by atoms with Crippen LogP contribution in [0.15, 0.2) is 4.42 Å². The molecule has 0 aliphatic rings. The lowest BCUT2D eigenvalue weighted by Gasteiger charge is -2.06. The molecule has 5 heteroatoms. The number of hydrogen-bond donors (Lipinski definition) is 0. The highest BCUT2D eigenvalue weighted by Gasteiger charge is 2.13. The van der Waals surface area contributed by atoms with Gasteiger partial charge in [0, 0.05) is 5.75 Å². The number of rotatable bonds is 5. The van der Waals surface area contributed by atoms with E-state index in [1.54, 1.807) is 11.8 Å². The van der Waals surface area contributed by atoms with E-state index >= 15 is 0 Å². The third-order valence-corrected chi connectivity index (χ3v) is 3.46. The Balaban J connectivity index is 2.33. The number of aromatic nitrogens is 1. The van der Waals surface area contributed by atoms with E-state index < -0.39 is 0 Å². The van der Waals surface area contributed by atoms with Crippen molar-refractivity contribution in [3.8, 4) is 0 Å². The molecule has 1 aromatic heterocycles. The van der Waals surface area contributed by atoms with Gasteiger partial charge in [-0.2, -0.15) is 11.8 Å². The third kappa shape index (κ3) is 3.56. The minimum Gasteiger partial charge on any atom is -0.469 e. The lowest BCUT2D eigenvalue weighted by atomic mass is 10.2. The highest BCUT2D eigenvalue weighted by Crippen LogP contribution is 2.17. The van der Waals surface area contributed by atoms with Crippen molar-refractivity contribution in [2.45, 2.75) is 26.5 Å². The Labute approximate surface area is 99.8 Å². The van der Waals surface area contributed by atoms with Gasteiger partial charge in [0.1, 0.15) is 5.76 Å². The maximum Gasteiger partial charge on any atom is 0.309 e. The number of oxazole rings is 1. The van der Waals surface area contributed by atoms with E-state index in [0.29, 0.717) is 11.5 Å². The molecule has 0 spiro atoms. The molecule has 1 aromatic rings. The van der Waals surface area contributed by atoms with Crippen molar-refractivity contribution in [2.24, 2.45) is 5.92 Å². The highest BCUT2D eigenvalue weighted by molar-refractivity contribution is 7.98. The Hall–Kier alpha value is -0.970. The van der Waals surface area contributed by atoms with Crippen LogP contribution in [0.3, 0.4) is 0 Å². The summed E-state index contributed by atoms with van der Waals surface area (Å²) in [5, 5.41) is 0. The highest BCUT2D eigenvalue weighted by atomic mass is 32.2. The Morgan fingerprint density at radius 3 is 2.75 bits per heavy atom. The average molecular weight is 243 g/mol. The van der Waals surface area contributed by atoms with E-state index in [0.717, 1.165) is 17.3 Å². The van der Waals surface area contributed by atoms with Gasteiger partial charge in [0.15, 0.2) is 0 Å². The monoisotopic (exact) mass is 243 g/mol. The van der Waals surface area contributed by atoms with Crippen molar-refractivity contribution >= 4 is 17.7 Å². The second kappa shape index (κ2) is 5.94. The van der Waals surface area contributed by atoms with Crippen LogP contribution in [0.4, 0.5) is 0 Å². The maximum atomic E-state index is 11.1. The van der Waals surface area contributed by atoms with Crippen LogP contribution >= 0.6 is 11.8 Å². The first kappa shape index (κ1) is 13.1. The molecule has 90 valence electrons. The predicted octanol–water partition coefficient (Wildman–Crippen LogP) is 2.33. The quantitative estimate of drug-likeness (QED) is 0.743. The summed E-state index contributed by atoms with van der Waals surface area (Å²) < 4.78 is 10.1. The lowest BCUT2D eigenvalue weighted by Crippen LogP contribution is -2.14. The molecular weight excluding hydrogens is 226 g/mol. The van der Waals surface area contributed by atoms with E-state index in [1.807, 2.05) is 20.8 Å². The van der Waals surface area contributed by atoms with E-state index in [2.05, 4.69) is 9.72 Å². The van der Waals surface area contributed by atoms with E-state index in [1.165, 1.54) is 7.11 Å². The number of nitrogens with zero attached hydrogens (tertiary/aromatic N) is 1. The second-order valence-corrected chi connectivity index (χ2v) is 4.72. The molecule has 0 N–H and O–H groups in total. The summed E-state index contributed by atoms with van der Waals surface area (Å²) in [6, 6.07) is 0. The smallest absolute Gasteiger partial charge is 0.309 e. The largest absolute Gasteiger partial charge is 0.469 e. The fourth-order valence-corrected chi connectivity index (χ4v) is 2.10. The topological polar surface area (TPSA) is 52.3 Å². The molecule has 0 bridgehead atoms. The van der Waals surface area contributed by atoms with Crippen molar-refractivity contribution in [3.05, 3.63) is 17.3 Å². The molecule has 0 fully saturated rings. The fourth-order valence-electron chi connectivity index (χ4n) is 1.19. The molecule has 0 saturated carbocycles. The summed E-state index contributed by atoms with van der Waals surface area (Å²) in [5.74, 6) is 2.72. The predicted molar refractivity (Wildman–Crippen MR) is 63.3 cm³/mol. The molecule has 0 amide bonds. The number of carbonyl (C=O) groups excluding carboxylic acids is 1. The van der Waals surface area contributed by atoms with Gasteiger partial charge in [-0.25, -0.2) is 4.98 Å². The zero-order valence-corrected chi connectivity index (χ0v) is 10.9. The summed E-state index contributed by atoms with van der Waals surface area (Å²) >= 11 is 1.62. The van der Waals surface area contributed by atoms with Gasteiger partial charge in [0.05, 0.1) is 24.5 Å². The first-order valence-corrected chi connectivity index (χ1v) is 6.28. The van der Waals surface area contributed by atoms with Crippen molar-refractivity contribution < 1.29 is 13.9 Å². The molecular formula is C11H17NO3S.